The van der Waals surface area contributed by atoms with Crippen LogP contribution in [0, 0.1) is 18.6 Å². The van der Waals surface area contributed by atoms with E-state index in [0.717, 1.165) is 12.1 Å². The van der Waals surface area contributed by atoms with Gasteiger partial charge in [-0.2, -0.15) is 4.31 Å². The van der Waals surface area contributed by atoms with Gasteiger partial charge in [0.25, 0.3) is 5.91 Å². The second-order valence-corrected chi connectivity index (χ2v) is 9.90. The van der Waals surface area contributed by atoms with E-state index in [9.17, 15) is 27.1 Å². The third-order valence-electron chi connectivity index (χ3n) is 5.11. The summed E-state index contributed by atoms with van der Waals surface area (Å²) in [5.74, 6) is -3.14. The fraction of sp³-hybridized carbons (Fsp3) is 0.350. The maximum atomic E-state index is 13.5. The molecule has 162 valence electrons. The third-order valence-corrected chi connectivity index (χ3v) is 7.43. The van der Waals surface area contributed by atoms with Crippen molar-refractivity contribution in [1.82, 2.24) is 4.31 Å². The maximum absolute atomic E-state index is 13.5. The summed E-state index contributed by atoms with van der Waals surface area (Å²) >= 11 is 5.59. The lowest BCUT2D eigenvalue weighted by Gasteiger charge is -2.35. The largest absolute Gasteiger partial charge is 0.390 e. The molecule has 10 heteroatoms. The molecule has 0 saturated carbocycles. The molecule has 0 atom stereocenters. The van der Waals surface area contributed by atoms with Gasteiger partial charge in [-0.25, -0.2) is 17.2 Å². The van der Waals surface area contributed by atoms with E-state index in [1.807, 2.05) is 0 Å². The van der Waals surface area contributed by atoms with Crippen molar-refractivity contribution in [1.29, 1.82) is 0 Å². The average molecular weight is 459 g/mol. The molecule has 1 saturated heterocycles. The first kappa shape index (κ1) is 22.6. The Kier molecular flexibility index (Phi) is 6.20. The number of hydrogen-bond acceptors (Lipinski definition) is 4. The van der Waals surface area contributed by atoms with Crippen LogP contribution in [0.1, 0.15) is 35.7 Å². The molecular weight excluding hydrogens is 438 g/mol. The van der Waals surface area contributed by atoms with Gasteiger partial charge in [0.2, 0.25) is 10.0 Å². The van der Waals surface area contributed by atoms with Crippen molar-refractivity contribution >= 4 is 33.2 Å². The summed E-state index contributed by atoms with van der Waals surface area (Å²) in [6, 6.07) is 6.02. The van der Waals surface area contributed by atoms with E-state index >= 15 is 0 Å². The number of rotatable bonds is 4. The number of carbonyl (C=O) groups is 1. The first-order valence-electron chi connectivity index (χ1n) is 9.20. The van der Waals surface area contributed by atoms with Crippen molar-refractivity contribution in [3.05, 3.63) is 58.1 Å². The lowest BCUT2D eigenvalue weighted by atomic mass is 9.95. The average Bonchev–Trinajstić information content (AvgIpc) is 2.65. The highest BCUT2D eigenvalue weighted by atomic mass is 35.5. The lowest BCUT2D eigenvalue weighted by Crippen LogP contribution is -2.45. The van der Waals surface area contributed by atoms with Crippen LogP contribution in [0.15, 0.2) is 35.2 Å². The molecule has 1 heterocycles. The lowest BCUT2D eigenvalue weighted by molar-refractivity contribution is 0.0126. The molecule has 2 N–H and O–H groups in total. The molecule has 2 aromatic rings. The standard InChI is InChI=1S/C20H21ClF2N2O4S/c1-12-3-4-13(19(26)24-14-10-15(21)18(23)16(22)11-14)9-17(12)30(28,29)25-7-5-20(2,27)6-8-25/h3-4,9-11,27H,5-8H2,1-2H3,(H,24,26). The maximum Gasteiger partial charge on any atom is 0.255 e. The van der Waals surface area contributed by atoms with Gasteiger partial charge in [0.05, 0.1) is 15.5 Å². The molecule has 1 amide bonds. The molecule has 30 heavy (non-hydrogen) atoms. The highest BCUT2D eigenvalue weighted by Crippen LogP contribution is 2.29. The Morgan fingerprint density at radius 1 is 1.20 bits per heavy atom. The molecule has 0 unspecified atom stereocenters. The zero-order chi connectivity index (χ0) is 22.3. The Morgan fingerprint density at radius 2 is 1.83 bits per heavy atom. The molecule has 1 fully saturated rings. The summed E-state index contributed by atoms with van der Waals surface area (Å²) in [6.07, 6.45) is 0.616. The molecule has 0 radical (unpaired) electrons. The van der Waals surface area contributed by atoms with Gasteiger partial charge in [-0.05, 0) is 50.5 Å². The zero-order valence-corrected chi connectivity index (χ0v) is 17.9. The van der Waals surface area contributed by atoms with Gasteiger partial charge in [-0.1, -0.05) is 17.7 Å². The Labute approximate surface area is 178 Å². The van der Waals surface area contributed by atoms with Crippen LogP contribution in [0.5, 0.6) is 0 Å². The van der Waals surface area contributed by atoms with Crippen molar-refractivity contribution in [3.63, 3.8) is 0 Å². The second-order valence-electron chi connectivity index (χ2n) is 7.59. The monoisotopic (exact) mass is 458 g/mol. The molecule has 3 rings (SSSR count). The molecule has 0 bridgehead atoms. The van der Waals surface area contributed by atoms with Crippen molar-refractivity contribution in [2.24, 2.45) is 0 Å². The Hall–Kier alpha value is -2.07. The molecule has 0 aliphatic carbocycles. The van der Waals surface area contributed by atoms with Gasteiger partial charge in [-0.3, -0.25) is 4.79 Å². The van der Waals surface area contributed by atoms with Crippen LogP contribution in [0.2, 0.25) is 5.02 Å². The molecule has 1 aliphatic heterocycles. The fourth-order valence-electron chi connectivity index (χ4n) is 3.20. The normalized spacial score (nSPS) is 17.0. The minimum atomic E-state index is -3.88. The molecule has 1 aliphatic rings. The number of hydrogen-bond donors (Lipinski definition) is 2. The summed E-state index contributed by atoms with van der Waals surface area (Å²) in [7, 11) is -3.88. The van der Waals surface area contributed by atoms with E-state index in [0.29, 0.717) is 18.4 Å². The van der Waals surface area contributed by atoms with E-state index in [1.165, 1.54) is 22.5 Å². The third kappa shape index (κ3) is 4.64. The smallest absolute Gasteiger partial charge is 0.255 e. The quantitative estimate of drug-likeness (QED) is 0.684. The summed E-state index contributed by atoms with van der Waals surface area (Å²) < 4.78 is 54.3. The first-order valence-corrected chi connectivity index (χ1v) is 11.0. The van der Waals surface area contributed by atoms with Gasteiger partial charge in [-0.15, -0.1) is 0 Å². The van der Waals surface area contributed by atoms with Crippen LogP contribution >= 0.6 is 11.6 Å². The van der Waals surface area contributed by atoms with Crippen molar-refractivity contribution in [3.8, 4) is 0 Å². The minimum Gasteiger partial charge on any atom is -0.390 e. The van der Waals surface area contributed by atoms with Gasteiger partial charge < -0.3 is 10.4 Å². The van der Waals surface area contributed by atoms with Crippen molar-refractivity contribution in [2.75, 3.05) is 18.4 Å². The Morgan fingerprint density at radius 3 is 2.43 bits per heavy atom. The molecule has 6 nitrogen and oxygen atoms in total. The van der Waals surface area contributed by atoms with Crippen LogP contribution < -0.4 is 5.32 Å². The number of aliphatic hydroxyl groups is 1. The Balaban J connectivity index is 1.87. The summed E-state index contributed by atoms with van der Waals surface area (Å²) in [4.78, 5) is 12.5. The van der Waals surface area contributed by atoms with Gasteiger partial charge in [0.1, 0.15) is 0 Å². The highest BCUT2D eigenvalue weighted by molar-refractivity contribution is 7.89. The number of amides is 1. The number of nitrogens with zero attached hydrogens (tertiary/aromatic N) is 1. The number of carbonyl (C=O) groups excluding carboxylic acids is 1. The predicted molar refractivity (Wildman–Crippen MR) is 109 cm³/mol. The fourth-order valence-corrected chi connectivity index (χ4v) is 5.10. The first-order chi connectivity index (χ1) is 13.9. The topological polar surface area (TPSA) is 86.7 Å². The van der Waals surface area contributed by atoms with Crippen LogP contribution in [-0.4, -0.2) is 42.4 Å². The van der Waals surface area contributed by atoms with Gasteiger partial charge >= 0.3 is 0 Å². The molecule has 0 aromatic heterocycles. The van der Waals surface area contributed by atoms with Crippen LogP contribution in [-0.2, 0) is 10.0 Å². The number of halogens is 3. The number of nitrogens with one attached hydrogen (secondary N) is 1. The van der Waals surface area contributed by atoms with Crippen molar-refractivity contribution < 1.29 is 27.1 Å². The van der Waals surface area contributed by atoms with E-state index < -0.39 is 38.2 Å². The summed E-state index contributed by atoms with van der Waals surface area (Å²) in [5, 5.41) is 12.0. The number of sulfonamides is 1. The van der Waals surface area contributed by atoms with E-state index in [1.54, 1.807) is 13.8 Å². The van der Waals surface area contributed by atoms with Crippen LogP contribution in [0.25, 0.3) is 0 Å². The van der Waals surface area contributed by atoms with Gasteiger partial charge in [0, 0.05) is 30.4 Å². The summed E-state index contributed by atoms with van der Waals surface area (Å²) in [6.45, 7) is 3.61. The zero-order valence-electron chi connectivity index (χ0n) is 16.4. The summed E-state index contributed by atoms with van der Waals surface area (Å²) in [5.41, 5.74) is -0.481. The Bertz CT molecular complexity index is 1070. The minimum absolute atomic E-state index is 0.0278. The van der Waals surface area contributed by atoms with Crippen LogP contribution in [0.4, 0.5) is 14.5 Å². The number of anilines is 1. The molecule has 0 spiro atoms. The molecular formula is C20H21ClF2N2O4S. The SMILES string of the molecule is Cc1ccc(C(=O)Nc2cc(F)c(F)c(Cl)c2)cc1S(=O)(=O)N1CCC(C)(O)CC1. The number of piperidine rings is 1. The van der Waals surface area contributed by atoms with E-state index in [2.05, 4.69) is 5.32 Å². The number of aryl methyl sites for hydroxylation is 1. The van der Waals surface area contributed by atoms with E-state index in [-0.39, 0.29) is 29.2 Å². The van der Waals surface area contributed by atoms with Crippen molar-refractivity contribution in [2.45, 2.75) is 37.2 Å². The van der Waals surface area contributed by atoms with Gasteiger partial charge in [0.15, 0.2) is 11.6 Å². The van der Waals surface area contributed by atoms with E-state index in [4.69, 9.17) is 11.6 Å². The predicted octanol–water partition coefficient (Wildman–Crippen LogP) is 3.71. The number of benzene rings is 2. The second kappa shape index (κ2) is 8.22. The molecule has 2 aromatic carbocycles. The highest BCUT2D eigenvalue weighted by Gasteiger charge is 2.34. The van der Waals surface area contributed by atoms with Crippen LogP contribution in [0.3, 0.4) is 0 Å².